The fourth-order valence-corrected chi connectivity index (χ4v) is 4.37. The van der Waals surface area contributed by atoms with Crippen LogP contribution in [0.1, 0.15) is 36.4 Å². The van der Waals surface area contributed by atoms with Crippen LogP contribution in [-0.2, 0) is 4.79 Å². The molecule has 7 heteroatoms. The molecule has 2 heterocycles. The summed E-state index contributed by atoms with van der Waals surface area (Å²) < 4.78 is 18.6. The Labute approximate surface area is 204 Å². The van der Waals surface area contributed by atoms with Crippen molar-refractivity contribution in [1.29, 1.82) is 0 Å². The van der Waals surface area contributed by atoms with E-state index in [0.29, 0.717) is 17.4 Å². The molecule has 0 aliphatic carbocycles. The number of ether oxygens (including phenoxy) is 1. The lowest BCUT2D eigenvalue weighted by Crippen LogP contribution is -2.42. The Bertz CT molecular complexity index is 1040. The molecule has 0 bridgehead atoms. The number of hydrogen-bond donors (Lipinski definition) is 1. The second kappa shape index (κ2) is 12.0. The first-order valence-corrected chi connectivity index (χ1v) is 12.0. The average molecular weight is 482 g/mol. The minimum absolute atomic E-state index is 0.0156. The fourth-order valence-electron chi connectivity index (χ4n) is 4.25. The van der Waals surface area contributed by atoms with Gasteiger partial charge in [0.05, 0.1) is 12.6 Å². The number of carbonyl (C=O) groups is 1. The van der Waals surface area contributed by atoms with E-state index in [1.807, 2.05) is 36.4 Å². The third kappa shape index (κ3) is 6.78. The van der Waals surface area contributed by atoms with E-state index in [9.17, 15) is 9.18 Å². The van der Waals surface area contributed by atoms with Crippen LogP contribution >= 0.6 is 11.6 Å². The molecule has 4 rings (SSSR count). The minimum Gasteiger partial charge on any atom is -0.494 e. The van der Waals surface area contributed by atoms with Crippen molar-refractivity contribution in [1.82, 2.24) is 15.2 Å². The Balaban J connectivity index is 1.25. The molecule has 5 nitrogen and oxygen atoms in total. The van der Waals surface area contributed by atoms with Gasteiger partial charge in [0.15, 0.2) is 0 Å². The molecule has 0 saturated carbocycles. The second-order valence-corrected chi connectivity index (χ2v) is 8.99. The Morgan fingerprint density at radius 1 is 1.09 bits per heavy atom. The Hall–Kier alpha value is -2.96. The van der Waals surface area contributed by atoms with E-state index in [1.54, 1.807) is 24.5 Å². The molecule has 1 amide bonds. The van der Waals surface area contributed by atoms with Crippen LogP contribution in [-0.4, -0.2) is 42.0 Å². The third-order valence-electron chi connectivity index (χ3n) is 6.17. The van der Waals surface area contributed by atoms with Crippen LogP contribution in [0, 0.1) is 11.7 Å². The van der Waals surface area contributed by atoms with E-state index in [4.69, 9.17) is 16.3 Å². The summed E-state index contributed by atoms with van der Waals surface area (Å²) in [5.74, 6) is 0.473. The lowest BCUT2D eigenvalue weighted by atomic mass is 9.93. The van der Waals surface area contributed by atoms with Gasteiger partial charge in [0.2, 0.25) is 5.91 Å². The number of likely N-dealkylation sites (tertiary alicyclic amines) is 1. The molecule has 1 N–H and O–H groups in total. The number of carbonyl (C=O) groups excluding carboxylic acids is 1. The maximum Gasteiger partial charge on any atom is 0.223 e. The summed E-state index contributed by atoms with van der Waals surface area (Å²) in [6.45, 7) is 3.26. The molecule has 34 heavy (non-hydrogen) atoms. The largest absolute Gasteiger partial charge is 0.494 e. The summed E-state index contributed by atoms with van der Waals surface area (Å²) in [7, 11) is 0. The van der Waals surface area contributed by atoms with Crippen molar-refractivity contribution in [3.05, 3.63) is 95.0 Å². The topological polar surface area (TPSA) is 54.5 Å². The highest BCUT2D eigenvalue weighted by molar-refractivity contribution is 6.30. The Morgan fingerprint density at radius 2 is 1.82 bits per heavy atom. The van der Waals surface area contributed by atoms with Gasteiger partial charge in [-0.3, -0.25) is 9.78 Å². The predicted octanol–water partition coefficient (Wildman–Crippen LogP) is 5.26. The molecule has 1 aliphatic heterocycles. The van der Waals surface area contributed by atoms with Gasteiger partial charge < -0.3 is 15.0 Å². The van der Waals surface area contributed by atoms with E-state index in [-0.39, 0.29) is 23.7 Å². The average Bonchev–Trinajstić information content (AvgIpc) is 2.87. The summed E-state index contributed by atoms with van der Waals surface area (Å²) in [4.78, 5) is 19.7. The first kappa shape index (κ1) is 24.2. The monoisotopic (exact) mass is 481 g/mol. The van der Waals surface area contributed by atoms with Crippen molar-refractivity contribution >= 4 is 17.5 Å². The minimum atomic E-state index is -0.265. The Kier molecular flexibility index (Phi) is 8.50. The second-order valence-electron chi connectivity index (χ2n) is 8.55. The molecule has 1 unspecified atom stereocenters. The zero-order chi connectivity index (χ0) is 23.8. The van der Waals surface area contributed by atoms with Crippen molar-refractivity contribution in [2.24, 2.45) is 5.92 Å². The third-order valence-corrected chi connectivity index (χ3v) is 6.42. The number of rotatable bonds is 9. The van der Waals surface area contributed by atoms with Gasteiger partial charge >= 0.3 is 0 Å². The Morgan fingerprint density at radius 3 is 2.50 bits per heavy atom. The number of pyridine rings is 1. The van der Waals surface area contributed by atoms with Gasteiger partial charge in [-0.25, -0.2) is 4.39 Å². The van der Waals surface area contributed by atoms with Crippen LogP contribution in [0.3, 0.4) is 0 Å². The van der Waals surface area contributed by atoms with Gasteiger partial charge in [-0.2, -0.15) is 0 Å². The first-order valence-electron chi connectivity index (χ1n) is 11.6. The number of benzene rings is 2. The van der Waals surface area contributed by atoms with E-state index in [0.717, 1.165) is 50.0 Å². The van der Waals surface area contributed by atoms with Gasteiger partial charge in [-0.15, -0.1) is 0 Å². The number of nitrogens with one attached hydrogen (secondary N) is 1. The van der Waals surface area contributed by atoms with Crippen LogP contribution in [0.5, 0.6) is 5.75 Å². The standard InChI is InChI=1S/C27H29ClFN3O2/c28-23-6-4-20(5-7-23)26(22-3-1-14-30-19-22)31-27(33)21-12-16-32(17-13-21)15-2-18-34-25-10-8-24(29)9-11-25/h1,3-11,14,19,21,26H,2,12-13,15-18H2,(H,31,33). The van der Waals surface area contributed by atoms with E-state index in [1.165, 1.54) is 12.1 Å². The van der Waals surface area contributed by atoms with Gasteiger partial charge in [-0.05, 0) is 85.9 Å². The van der Waals surface area contributed by atoms with Crippen LogP contribution < -0.4 is 10.1 Å². The number of piperidine rings is 1. The summed E-state index contributed by atoms with van der Waals surface area (Å²) in [5, 5.41) is 3.90. The van der Waals surface area contributed by atoms with Crippen LogP contribution in [0.4, 0.5) is 4.39 Å². The molecule has 1 fully saturated rings. The quantitative estimate of drug-likeness (QED) is 0.423. The fraction of sp³-hybridized carbons (Fsp3) is 0.333. The van der Waals surface area contributed by atoms with Gasteiger partial charge in [0, 0.05) is 29.9 Å². The molecule has 0 spiro atoms. The maximum absolute atomic E-state index is 13.1. The highest BCUT2D eigenvalue weighted by atomic mass is 35.5. The van der Waals surface area contributed by atoms with Crippen LogP contribution in [0.15, 0.2) is 73.1 Å². The lowest BCUT2D eigenvalue weighted by Gasteiger charge is -2.32. The highest BCUT2D eigenvalue weighted by Gasteiger charge is 2.27. The SMILES string of the molecule is O=C(NC(c1ccc(Cl)cc1)c1cccnc1)C1CCN(CCCOc2ccc(F)cc2)CC1. The molecule has 1 saturated heterocycles. The number of hydrogen-bond acceptors (Lipinski definition) is 4. The number of nitrogens with zero attached hydrogens (tertiary/aromatic N) is 2. The maximum atomic E-state index is 13.1. The summed E-state index contributed by atoms with van der Waals surface area (Å²) >= 11 is 6.06. The predicted molar refractivity (Wildman–Crippen MR) is 131 cm³/mol. The van der Waals surface area contributed by atoms with Gasteiger partial charge in [0.1, 0.15) is 11.6 Å². The number of aromatic nitrogens is 1. The molecule has 1 aromatic heterocycles. The summed E-state index contributed by atoms with van der Waals surface area (Å²) in [6.07, 6.45) is 6.05. The van der Waals surface area contributed by atoms with Crippen LogP contribution in [0.25, 0.3) is 0 Å². The zero-order valence-electron chi connectivity index (χ0n) is 19.0. The van der Waals surface area contributed by atoms with Crippen molar-refractivity contribution in [2.45, 2.75) is 25.3 Å². The molecule has 0 radical (unpaired) electrons. The molecule has 1 aliphatic rings. The van der Waals surface area contributed by atoms with E-state index in [2.05, 4.69) is 15.2 Å². The van der Waals surface area contributed by atoms with E-state index >= 15 is 0 Å². The van der Waals surface area contributed by atoms with Gasteiger partial charge in [0.25, 0.3) is 0 Å². The van der Waals surface area contributed by atoms with E-state index < -0.39 is 0 Å². The number of amides is 1. The van der Waals surface area contributed by atoms with Crippen molar-refractivity contribution in [3.63, 3.8) is 0 Å². The van der Waals surface area contributed by atoms with Crippen LogP contribution in [0.2, 0.25) is 5.02 Å². The zero-order valence-corrected chi connectivity index (χ0v) is 19.8. The highest BCUT2D eigenvalue weighted by Crippen LogP contribution is 2.25. The molecule has 2 aromatic carbocycles. The molecular formula is C27H29ClFN3O2. The summed E-state index contributed by atoms with van der Waals surface area (Å²) in [6, 6.07) is 17.2. The number of halogens is 2. The molecule has 1 atom stereocenters. The first-order chi connectivity index (χ1) is 16.6. The normalized spacial score (nSPS) is 15.6. The smallest absolute Gasteiger partial charge is 0.223 e. The van der Waals surface area contributed by atoms with Gasteiger partial charge in [-0.1, -0.05) is 29.8 Å². The van der Waals surface area contributed by atoms with Crippen molar-refractivity contribution in [3.8, 4) is 5.75 Å². The molecular weight excluding hydrogens is 453 g/mol. The molecule has 3 aromatic rings. The lowest BCUT2D eigenvalue weighted by molar-refractivity contribution is -0.127. The summed E-state index contributed by atoms with van der Waals surface area (Å²) in [5.41, 5.74) is 1.92. The molecule has 178 valence electrons. The van der Waals surface area contributed by atoms with Crippen molar-refractivity contribution in [2.75, 3.05) is 26.2 Å². The van der Waals surface area contributed by atoms with Crippen molar-refractivity contribution < 1.29 is 13.9 Å².